The van der Waals surface area contributed by atoms with E-state index < -0.39 is 5.97 Å². The van der Waals surface area contributed by atoms with Gasteiger partial charge in [-0.3, -0.25) is 4.79 Å². The number of hydrogen-bond donors (Lipinski definition) is 1. The number of benzene rings is 1. The molecular weight excluding hydrogens is 192 g/mol. The molecule has 0 atom stereocenters. The fourth-order valence-electron chi connectivity index (χ4n) is 0.958. The molecule has 0 amide bonds. The first-order valence-electron chi connectivity index (χ1n) is 4.18. The summed E-state index contributed by atoms with van der Waals surface area (Å²) in [6.45, 7) is 0. The Morgan fingerprint density at radius 3 is 2.47 bits per heavy atom. The highest BCUT2D eigenvalue weighted by molar-refractivity contribution is 5.85. The molecule has 1 N–H and O–H groups in total. The molecule has 0 fully saturated rings. The van der Waals surface area contributed by atoms with E-state index in [0.29, 0.717) is 6.29 Å². The first-order valence-corrected chi connectivity index (χ1v) is 4.18. The summed E-state index contributed by atoms with van der Waals surface area (Å²) in [7, 11) is 0. The van der Waals surface area contributed by atoms with Crippen molar-refractivity contribution in [3.05, 3.63) is 41.5 Å². The second-order valence-electron chi connectivity index (χ2n) is 2.68. The zero-order chi connectivity index (χ0) is 11.1. The smallest absolute Gasteiger partial charge is 0.328 e. The Balaban J connectivity index is 2.80. The second kappa shape index (κ2) is 5.40. The van der Waals surface area contributed by atoms with E-state index in [-0.39, 0.29) is 0 Å². The Labute approximate surface area is 87.0 Å². The molecule has 0 aromatic heterocycles. The summed E-state index contributed by atoms with van der Waals surface area (Å²) in [5, 5.41) is 8.40. The quantitative estimate of drug-likeness (QED) is 0.445. The number of carbonyl (C=O) groups is 2. The van der Waals surface area contributed by atoms with Gasteiger partial charge in [0.1, 0.15) is 0 Å². The molecule has 0 aliphatic heterocycles. The van der Waals surface area contributed by atoms with Gasteiger partial charge in [0.05, 0.1) is 0 Å². The Morgan fingerprint density at radius 2 is 1.93 bits per heavy atom. The topological polar surface area (TPSA) is 54.4 Å². The molecule has 1 aromatic rings. The largest absolute Gasteiger partial charge is 0.478 e. The van der Waals surface area contributed by atoms with Gasteiger partial charge in [-0.05, 0) is 29.7 Å². The molecule has 0 heterocycles. The summed E-state index contributed by atoms with van der Waals surface area (Å²) in [5.74, 6) is 3.93. The number of aliphatic carboxylic acids is 1. The lowest BCUT2D eigenvalue weighted by atomic mass is 10.1. The summed E-state index contributed by atoms with van der Waals surface area (Å²) >= 11 is 0. The van der Waals surface area contributed by atoms with Gasteiger partial charge in [0.15, 0.2) is 6.29 Å². The zero-order valence-electron chi connectivity index (χ0n) is 7.81. The van der Waals surface area contributed by atoms with Crippen LogP contribution in [-0.2, 0) is 9.59 Å². The fourth-order valence-corrected chi connectivity index (χ4v) is 0.958. The molecule has 0 aliphatic rings. The number of carbonyl (C=O) groups excluding carboxylic acids is 1. The molecule has 0 bridgehead atoms. The number of rotatable bonds is 2. The van der Waals surface area contributed by atoms with Gasteiger partial charge in [-0.15, -0.1) is 0 Å². The average molecular weight is 200 g/mol. The van der Waals surface area contributed by atoms with E-state index in [4.69, 9.17) is 5.11 Å². The van der Waals surface area contributed by atoms with E-state index >= 15 is 0 Å². The van der Waals surface area contributed by atoms with Gasteiger partial charge in [0.25, 0.3) is 0 Å². The van der Waals surface area contributed by atoms with Crippen LogP contribution in [0.1, 0.15) is 11.1 Å². The Hall–Kier alpha value is -2.34. The summed E-state index contributed by atoms with van der Waals surface area (Å²) in [6, 6.07) is 6.90. The summed E-state index contributed by atoms with van der Waals surface area (Å²) in [6.07, 6.45) is 3.07. The Morgan fingerprint density at radius 1 is 1.27 bits per heavy atom. The fraction of sp³-hybridized carbons (Fsp3) is 0. The predicted molar refractivity (Wildman–Crippen MR) is 56.1 cm³/mol. The molecule has 0 aliphatic carbocycles. The number of carboxylic acid groups (broad SMARTS) is 1. The minimum absolute atomic E-state index is 0.526. The van der Waals surface area contributed by atoms with E-state index in [1.54, 1.807) is 24.3 Å². The van der Waals surface area contributed by atoms with Crippen molar-refractivity contribution in [2.75, 3.05) is 0 Å². The van der Waals surface area contributed by atoms with Crippen LogP contribution in [0.5, 0.6) is 0 Å². The van der Waals surface area contributed by atoms with Crippen molar-refractivity contribution in [2.45, 2.75) is 0 Å². The van der Waals surface area contributed by atoms with Crippen LogP contribution in [-0.4, -0.2) is 17.4 Å². The number of carboxylic acids is 1. The van der Waals surface area contributed by atoms with Crippen LogP contribution in [0.25, 0.3) is 6.08 Å². The summed E-state index contributed by atoms with van der Waals surface area (Å²) in [5.41, 5.74) is 1.49. The van der Waals surface area contributed by atoms with Crippen LogP contribution in [0.4, 0.5) is 0 Å². The third kappa shape index (κ3) is 3.92. The second-order valence-corrected chi connectivity index (χ2v) is 2.68. The molecule has 0 unspecified atom stereocenters. The maximum absolute atomic E-state index is 10.2. The molecule has 0 saturated heterocycles. The summed E-state index contributed by atoms with van der Waals surface area (Å²) in [4.78, 5) is 20.2. The van der Waals surface area contributed by atoms with Crippen molar-refractivity contribution in [3.8, 4) is 11.8 Å². The molecule has 3 nitrogen and oxygen atoms in total. The minimum atomic E-state index is -0.986. The summed E-state index contributed by atoms with van der Waals surface area (Å²) < 4.78 is 0. The first kappa shape index (κ1) is 10.7. The van der Waals surface area contributed by atoms with Crippen LogP contribution in [0.2, 0.25) is 0 Å². The van der Waals surface area contributed by atoms with E-state index in [1.807, 2.05) is 0 Å². The van der Waals surface area contributed by atoms with Crippen molar-refractivity contribution in [1.82, 2.24) is 0 Å². The van der Waals surface area contributed by atoms with Gasteiger partial charge in [0, 0.05) is 11.6 Å². The molecule has 15 heavy (non-hydrogen) atoms. The van der Waals surface area contributed by atoms with E-state index in [0.717, 1.165) is 17.2 Å². The molecule has 3 heteroatoms. The third-order valence-electron chi connectivity index (χ3n) is 1.60. The third-order valence-corrected chi connectivity index (χ3v) is 1.60. The standard InChI is InChI=1S/C12H8O3/c13-9-1-2-10-3-5-11(6-4-10)7-8-12(14)15/h3-9H,(H,14,15)/b8-7+. The normalized spacial score (nSPS) is 9.33. The maximum atomic E-state index is 10.2. The zero-order valence-corrected chi connectivity index (χ0v) is 7.81. The van der Waals surface area contributed by atoms with Gasteiger partial charge in [-0.25, -0.2) is 4.79 Å². The van der Waals surface area contributed by atoms with Gasteiger partial charge < -0.3 is 5.11 Å². The van der Waals surface area contributed by atoms with Crippen molar-refractivity contribution >= 4 is 18.3 Å². The Bertz CT molecular complexity index is 444. The van der Waals surface area contributed by atoms with E-state index in [9.17, 15) is 9.59 Å². The van der Waals surface area contributed by atoms with Gasteiger partial charge >= 0.3 is 5.97 Å². The molecular formula is C12H8O3. The van der Waals surface area contributed by atoms with Crippen LogP contribution in [0, 0.1) is 11.8 Å². The lowest BCUT2D eigenvalue weighted by Gasteiger charge is -1.92. The first-order chi connectivity index (χ1) is 7.22. The molecule has 1 aromatic carbocycles. The van der Waals surface area contributed by atoms with Crippen molar-refractivity contribution in [1.29, 1.82) is 0 Å². The van der Waals surface area contributed by atoms with Gasteiger partial charge in [-0.1, -0.05) is 18.1 Å². The van der Waals surface area contributed by atoms with E-state index in [2.05, 4.69) is 11.8 Å². The van der Waals surface area contributed by atoms with E-state index in [1.165, 1.54) is 6.08 Å². The molecule has 0 radical (unpaired) electrons. The maximum Gasteiger partial charge on any atom is 0.328 e. The number of aldehydes is 1. The molecule has 1 rings (SSSR count). The molecule has 74 valence electrons. The van der Waals surface area contributed by atoms with Gasteiger partial charge in [-0.2, -0.15) is 0 Å². The lowest BCUT2D eigenvalue weighted by Crippen LogP contribution is -1.85. The average Bonchev–Trinajstić information content (AvgIpc) is 2.25. The van der Waals surface area contributed by atoms with Crippen molar-refractivity contribution in [2.24, 2.45) is 0 Å². The Kier molecular flexibility index (Phi) is 3.87. The number of hydrogen-bond acceptors (Lipinski definition) is 2. The van der Waals surface area contributed by atoms with Crippen LogP contribution in [0.3, 0.4) is 0 Å². The molecule has 0 spiro atoms. The predicted octanol–water partition coefficient (Wildman–Crippen LogP) is 1.33. The van der Waals surface area contributed by atoms with Gasteiger partial charge in [0.2, 0.25) is 0 Å². The van der Waals surface area contributed by atoms with Crippen LogP contribution < -0.4 is 0 Å². The lowest BCUT2D eigenvalue weighted by molar-refractivity contribution is -0.131. The minimum Gasteiger partial charge on any atom is -0.478 e. The van der Waals surface area contributed by atoms with Crippen molar-refractivity contribution < 1.29 is 14.7 Å². The highest BCUT2D eigenvalue weighted by atomic mass is 16.4. The molecule has 0 saturated carbocycles. The van der Waals surface area contributed by atoms with Crippen LogP contribution >= 0.6 is 0 Å². The SMILES string of the molecule is O=CC#Cc1ccc(/C=C/C(=O)O)cc1. The van der Waals surface area contributed by atoms with Crippen LogP contribution in [0.15, 0.2) is 30.3 Å². The monoisotopic (exact) mass is 200 g/mol. The highest BCUT2D eigenvalue weighted by Crippen LogP contribution is 2.04. The van der Waals surface area contributed by atoms with Crippen molar-refractivity contribution in [3.63, 3.8) is 0 Å². The highest BCUT2D eigenvalue weighted by Gasteiger charge is 1.90.